The fraction of sp³-hybridized carbons (Fsp3) is 0.182. The van der Waals surface area contributed by atoms with E-state index in [2.05, 4.69) is 30.9 Å². The van der Waals surface area contributed by atoms with Gasteiger partial charge in [0.05, 0.1) is 12.8 Å². The number of hydrogen-bond donors (Lipinski definition) is 3. The van der Waals surface area contributed by atoms with Crippen LogP contribution in [0.1, 0.15) is 23.3 Å². The number of aromatic carboxylic acids is 1. The molecule has 1 rings (SSSR count). The minimum Gasteiger partial charge on any atom is -0.477 e. The van der Waals surface area contributed by atoms with Crippen LogP contribution in [0, 0.1) is 0 Å². The Labute approximate surface area is 128 Å². The van der Waals surface area contributed by atoms with Crippen LogP contribution in [-0.2, 0) is 19.1 Å². The second-order valence-electron chi connectivity index (χ2n) is 3.49. The number of carbonyl (C=O) groups is 5. The van der Waals surface area contributed by atoms with Gasteiger partial charge in [-0.1, -0.05) is 0 Å². The number of nitrogens with two attached hydrogens (primary N) is 2. The zero-order valence-corrected chi connectivity index (χ0v) is 11.5. The highest BCUT2D eigenvalue weighted by atomic mass is 16.6. The van der Waals surface area contributed by atoms with Crippen molar-refractivity contribution in [2.75, 3.05) is 0 Å². The Morgan fingerprint density at radius 1 is 1.00 bits per heavy atom. The maximum atomic E-state index is 10.6. The number of esters is 2. The van der Waals surface area contributed by atoms with Crippen LogP contribution < -0.4 is 11.5 Å². The Kier molecular flexibility index (Phi) is 8.62. The molecule has 0 spiro atoms. The van der Waals surface area contributed by atoms with Crippen LogP contribution in [0.4, 0.5) is 9.59 Å². The van der Waals surface area contributed by atoms with Crippen molar-refractivity contribution in [3.05, 3.63) is 24.3 Å². The summed E-state index contributed by atoms with van der Waals surface area (Å²) in [4.78, 5) is 58.4. The van der Waals surface area contributed by atoms with Crippen molar-refractivity contribution < 1.29 is 38.6 Å². The first-order chi connectivity index (χ1) is 10.7. The van der Waals surface area contributed by atoms with Crippen LogP contribution in [0.2, 0.25) is 0 Å². The highest BCUT2D eigenvalue weighted by Crippen LogP contribution is 1.95. The molecule has 2 amide bonds. The second-order valence-corrected chi connectivity index (χ2v) is 3.49. The van der Waals surface area contributed by atoms with Crippen LogP contribution in [0.5, 0.6) is 0 Å². The van der Waals surface area contributed by atoms with Gasteiger partial charge in [-0.05, 0) is 6.07 Å². The van der Waals surface area contributed by atoms with Gasteiger partial charge in [-0.3, -0.25) is 9.59 Å². The number of primary amides is 2. The minimum atomic E-state index is -1.27. The number of amides is 2. The normalized spacial score (nSPS) is 8.87. The highest BCUT2D eigenvalue weighted by molar-refractivity contribution is 5.88. The molecule has 1 heterocycles. The van der Waals surface area contributed by atoms with Crippen LogP contribution in [-0.4, -0.2) is 45.2 Å². The standard InChI is InChI=1S/C6H8N2O6.C5H4N2O2/c7-5(11)13-3(9)1-2-4(10)14-6(8)12;8-5(9)4-1-2-6-3-7-4/h1-2H2,(H2,7,11)(H2,8,12);1-3H,(H,8,9). The number of carboxylic acid groups (broad SMARTS) is 1. The van der Waals surface area contributed by atoms with Crippen molar-refractivity contribution in [1.82, 2.24) is 9.97 Å². The number of aromatic nitrogens is 2. The van der Waals surface area contributed by atoms with Crippen molar-refractivity contribution in [2.45, 2.75) is 12.8 Å². The van der Waals surface area contributed by atoms with E-state index < -0.39 is 42.9 Å². The van der Waals surface area contributed by atoms with E-state index in [4.69, 9.17) is 5.11 Å². The van der Waals surface area contributed by atoms with Gasteiger partial charge in [0.15, 0.2) is 5.69 Å². The van der Waals surface area contributed by atoms with E-state index in [9.17, 15) is 24.0 Å². The summed E-state index contributed by atoms with van der Waals surface area (Å²) in [7, 11) is 0. The predicted molar refractivity (Wildman–Crippen MR) is 69.6 cm³/mol. The van der Waals surface area contributed by atoms with Gasteiger partial charge < -0.3 is 26.0 Å². The van der Waals surface area contributed by atoms with Crippen molar-refractivity contribution >= 4 is 30.1 Å². The molecular formula is C11H12N4O8. The summed E-state index contributed by atoms with van der Waals surface area (Å²) in [6.45, 7) is 0. The Bertz CT molecular complexity index is 561. The Morgan fingerprint density at radius 3 is 1.74 bits per heavy atom. The lowest BCUT2D eigenvalue weighted by atomic mass is 10.3. The van der Waals surface area contributed by atoms with E-state index in [1.165, 1.54) is 18.6 Å². The lowest BCUT2D eigenvalue weighted by molar-refractivity contribution is -0.143. The summed E-state index contributed by atoms with van der Waals surface area (Å²) < 4.78 is 7.76. The lowest BCUT2D eigenvalue weighted by Crippen LogP contribution is -2.21. The number of carbonyl (C=O) groups excluding carboxylic acids is 4. The van der Waals surface area contributed by atoms with E-state index in [0.717, 1.165) is 0 Å². The van der Waals surface area contributed by atoms with Crippen molar-refractivity contribution in [2.24, 2.45) is 11.5 Å². The lowest BCUT2D eigenvalue weighted by Gasteiger charge is -1.99. The third kappa shape index (κ3) is 10.8. The topological polar surface area (TPSA) is 202 Å². The number of rotatable bonds is 4. The fourth-order valence-electron chi connectivity index (χ4n) is 0.948. The van der Waals surface area contributed by atoms with E-state index in [-0.39, 0.29) is 5.69 Å². The third-order valence-electron chi connectivity index (χ3n) is 1.76. The van der Waals surface area contributed by atoms with Gasteiger partial charge in [0.1, 0.15) is 6.33 Å². The molecule has 0 aliphatic carbocycles. The minimum absolute atomic E-state index is 0.0185. The van der Waals surface area contributed by atoms with Crippen molar-refractivity contribution in [1.29, 1.82) is 0 Å². The zero-order valence-electron chi connectivity index (χ0n) is 11.5. The summed E-state index contributed by atoms with van der Waals surface area (Å²) in [5.41, 5.74) is 9.03. The number of carboxylic acids is 1. The third-order valence-corrected chi connectivity index (χ3v) is 1.76. The van der Waals surface area contributed by atoms with E-state index in [1.54, 1.807) is 0 Å². The Morgan fingerprint density at radius 2 is 1.48 bits per heavy atom. The van der Waals surface area contributed by atoms with E-state index in [1.807, 2.05) is 0 Å². The highest BCUT2D eigenvalue weighted by Gasteiger charge is 2.12. The van der Waals surface area contributed by atoms with Gasteiger partial charge in [0.25, 0.3) is 0 Å². The summed E-state index contributed by atoms with van der Waals surface area (Å²) >= 11 is 0. The predicted octanol–water partition coefficient (Wildman–Crippen LogP) is -0.815. The fourth-order valence-corrected chi connectivity index (χ4v) is 0.948. The molecule has 0 aliphatic rings. The van der Waals surface area contributed by atoms with E-state index >= 15 is 0 Å². The molecule has 0 saturated carbocycles. The second kappa shape index (κ2) is 10.2. The SMILES string of the molecule is NC(=O)OC(=O)CCC(=O)OC(N)=O.O=C(O)c1ccncn1. The van der Waals surface area contributed by atoms with Crippen molar-refractivity contribution in [3.8, 4) is 0 Å². The van der Waals surface area contributed by atoms with Gasteiger partial charge in [0, 0.05) is 6.20 Å². The number of hydrogen-bond acceptors (Lipinski definition) is 9. The molecule has 0 radical (unpaired) electrons. The first-order valence-electron chi connectivity index (χ1n) is 5.72. The Hall–Kier alpha value is -3.57. The van der Waals surface area contributed by atoms with Crippen LogP contribution in [0.25, 0.3) is 0 Å². The number of ether oxygens (including phenoxy) is 2. The monoisotopic (exact) mass is 328 g/mol. The van der Waals surface area contributed by atoms with Crippen molar-refractivity contribution in [3.63, 3.8) is 0 Å². The molecule has 0 saturated heterocycles. The summed E-state index contributed by atoms with van der Waals surface area (Å²) in [6, 6.07) is 1.34. The summed E-state index contributed by atoms with van der Waals surface area (Å²) in [5.74, 6) is -3.00. The van der Waals surface area contributed by atoms with Gasteiger partial charge in [-0.15, -0.1) is 0 Å². The molecule has 0 bridgehead atoms. The molecule has 124 valence electrons. The average Bonchev–Trinajstić information content (AvgIpc) is 2.45. The molecule has 0 unspecified atom stereocenters. The molecule has 12 heteroatoms. The number of nitrogens with zero attached hydrogens (tertiary/aromatic N) is 2. The van der Waals surface area contributed by atoms with Crippen LogP contribution in [0.15, 0.2) is 18.6 Å². The maximum Gasteiger partial charge on any atom is 0.412 e. The molecular weight excluding hydrogens is 316 g/mol. The summed E-state index contributed by atoms with van der Waals surface area (Å²) in [6.07, 6.45) is -0.791. The largest absolute Gasteiger partial charge is 0.477 e. The molecule has 0 fully saturated rings. The zero-order chi connectivity index (χ0) is 17.8. The molecule has 1 aromatic heterocycles. The molecule has 0 atom stereocenters. The smallest absolute Gasteiger partial charge is 0.412 e. The summed E-state index contributed by atoms with van der Waals surface area (Å²) in [5, 5.41) is 8.29. The average molecular weight is 328 g/mol. The van der Waals surface area contributed by atoms with E-state index in [0.29, 0.717) is 0 Å². The molecule has 12 nitrogen and oxygen atoms in total. The Balaban J connectivity index is 0.000000459. The van der Waals surface area contributed by atoms with Gasteiger partial charge in [-0.25, -0.2) is 24.4 Å². The van der Waals surface area contributed by atoms with Gasteiger partial charge >= 0.3 is 30.1 Å². The first kappa shape index (κ1) is 19.4. The van der Waals surface area contributed by atoms with Crippen LogP contribution >= 0.6 is 0 Å². The van der Waals surface area contributed by atoms with Gasteiger partial charge in [0.2, 0.25) is 0 Å². The van der Waals surface area contributed by atoms with Crippen LogP contribution in [0.3, 0.4) is 0 Å². The molecule has 5 N–H and O–H groups in total. The van der Waals surface area contributed by atoms with Gasteiger partial charge in [-0.2, -0.15) is 0 Å². The quantitative estimate of drug-likeness (QED) is 0.463. The maximum absolute atomic E-state index is 10.6. The first-order valence-corrected chi connectivity index (χ1v) is 5.72. The molecule has 23 heavy (non-hydrogen) atoms. The molecule has 0 aromatic carbocycles. The molecule has 1 aromatic rings. The molecule has 0 aliphatic heterocycles.